The Labute approximate surface area is 82.6 Å². The molecule has 0 spiro atoms. The zero-order valence-corrected chi connectivity index (χ0v) is 8.13. The van der Waals surface area contributed by atoms with E-state index in [-0.39, 0.29) is 11.9 Å². The van der Waals surface area contributed by atoms with Crippen molar-refractivity contribution in [2.24, 2.45) is 0 Å². The van der Waals surface area contributed by atoms with Gasteiger partial charge in [-0.2, -0.15) is 0 Å². The molecule has 0 saturated carbocycles. The van der Waals surface area contributed by atoms with E-state index in [9.17, 15) is 4.39 Å². The van der Waals surface area contributed by atoms with Crippen molar-refractivity contribution in [1.82, 2.24) is 0 Å². The molecule has 0 amide bonds. The molecule has 1 heterocycles. The Morgan fingerprint density at radius 1 is 1.50 bits per heavy atom. The lowest BCUT2D eigenvalue weighted by Crippen LogP contribution is -2.15. The van der Waals surface area contributed by atoms with Crippen molar-refractivity contribution in [1.29, 1.82) is 0 Å². The molecule has 2 rings (SSSR count). The Morgan fingerprint density at radius 3 is 3.00 bits per heavy atom. The highest BCUT2D eigenvalue weighted by atomic mass is 19.1. The largest absolute Gasteiger partial charge is 0.488 e. The van der Waals surface area contributed by atoms with E-state index in [0.717, 1.165) is 18.8 Å². The van der Waals surface area contributed by atoms with Crippen LogP contribution >= 0.6 is 0 Å². The Balaban J connectivity index is 2.05. The van der Waals surface area contributed by atoms with Gasteiger partial charge in [0.25, 0.3) is 0 Å². The van der Waals surface area contributed by atoms with Crippen molar-refractivity contribution < 1.29 is 13.9 Å². The van der Waals surface area contributed by atoms with Crippen molar-refractivity contribution in [3.8, 4) is 5.75 Å². The second-order valence-corrected chi connectivity index (χ2v) is 3.51. The van der Waals surface area contributed by atoms with E-state index in [0.29, 0.717) is 12.2 Å². The van der Waals surface area contributed by atoms with Crippen LogP contribution in [0, 0.1) is 12.7 Å². The lowest BCUT2D eigenvalue weighted by atomic mass is 10.2. The van der Waals surface area contributed by atoms with Crippen LogP contribution in [0.5, 0.6) is 5.75 Å². The summed E-state index contributed by atoms with van der Waals surface area (Å²) in [6, 6.07) is 4.80. The third-order valence-corrected chi connectivity index (χ3v) is 2.32. The van der Waals surface area contributed by atoms with Crippen LogP contribution in [0.3, 0.4) is 0 Å². The lowest BCUT2D eigenvalue weighted by molar-refractivity contribution is 0.141. The van der Waals surface area contributed by atoms with E-state index in [1.807, 2.05) is 0 Å². The molecule has 2 nitrogen and oxygen atoms in total. The lowest BCUT2D eigenvalue weighted by Gasteiger charge is -2.12. The number of benzene rings is 1. The standard InChI is InChI=1S/C11H13FO2/c1-8-6-9(2-3-11(8)12)14-10-4-5-13-7-10/h2-3,6,10H,4-5,7H2,1H3/t10-/m1/s1. The first-order chi connectivity index (χ1) is 6.75. The molecule has 1 aliphatic rings. The zero-order chi connectivity index (χ0) is 9.97. The summed E-state index contributed by atoms with van der Waals surface area (Å²) in [5, 5.41) is 0. The third-order valence-electron chi connectivity index (χ3n) is 2.32. The van der Waals surface area contributed by atoms with Crippen molar-refractivity contribution in [2.45, 2.75) is 19.4 Å². The predicted octanol–water partition coefficient (Wildman–Crippen LogP) is 2.30. The summed E-state index contributed by atoms with van der Waals surface area (Å²) in [5.74, 6) is 0.527. The van der Waals surface area contributed by atoms with Crippen LogP contribution in [0.25, 0.3) is 0 Å². The first-order valence-electron chi connectivity index (χ1n) is 4.76. The second-order valence-electron chi connectivity index (χ2n) is 3.51. The molecule has 1 atom stereocenters. The van der Waals surface area contributed by atoms with Gasteiger partial charge < -0.3 is 9.47 Å². The van der Waals surface area contributed by atoms with E-state index in [2.05, 4.69) is 0 Å². The summed E-state index contributed by atoms with van der Waals surface area (Å²) >= 11 is 0. The molecule has 0 aromatic heterocycles. The van der Waals surface area contributed by atoms with Gasteiger partial charge in [0, 0.05) is 6.42 Å². The maximum atomic E-state index is 12.9. The maximum absolute atomic E-state index is 12.9. The van der Waals surface area contributed by atoms with Crippen LogP contribution < -0.4 is 4.74 Å². The molecule has 14 heavy (non-hydrogen) atoms. The van der Waals surface area contributed by atoms with E-state index in [4.69, 9.17) is 9.47 Å². The Hall–Kier alpha value is -1.09. The van der Waals surface area contributed by atoms with Crippen LogP contribution in [0.2, 0.25) is 0 Å². The van der Waals surface area contributed by atoms with Gasteiger partial charge in [0.2, 0.25) is 0 Å². The summed E-state index contributed by atoms with van der Waals surface area (Å²) < 4.78 is 23.7. The highest BCUT2D eigenvalue weighted by molar-refractivity contribution is 5.29. The van der Waals surface area contributed by atoms with Crippen molar-refractivity contribution >= 4 is 0 Å². The number of aryl methyl sites for hydroxylation is 1. The molecule has 1 aromatic rings. The van der Waals surface area contributed by atoms with Gasteiger partial charge in [0.15, 0.2) is 0 Å². The van der Waals surface area contributed by atoms with Gasteiger partial charge in [-0.3, -0.25) is 0 Å². The molecule has 0 aliphatic carbocycles. The third kappa shape index (κ3) is 2.04. The number of halogens is 1. The molecule has 0 N–H and O–H groups in total. The van der Waals surface area contributed by atoms with Gasteiger partial charge in [-0.1, -0.05) is 0 Å². The fraction of sp³-hybridized carbons (Fsp3) is 0.455. The molecular formula is C11H13FO2. The predicted molar refractivity (Wildman–Crippen MR) is 51.0 cm³/mol. The van der Waals surface area contributed by atoms with Crippen LogP contribution in [-0.2, 0) is 4.74 Å². The Bertz CT molecular complexity index is 319. The van der Waals surface area contributed by atoms with Crippen molar-refractivity contribution in [3.05, 3.63) is 29.6 Å². The minimum atomic E-state index is -0.194. The van der Waals surface area contributed by atoms with Gasteiger partial charge in [-0.15, -0.1) is 0 Å². The van der Waals surface area contributed by atoms with Crippen LogP contribution in [-0.4, -0.2) is 19.3 Å². The van der Waals surface area contributed by atoms with Crippen LogP contribution in [0.15, 0.2) is 18.2 Å². The molecule has 3 heteroatoms. The van der Waals surface area contributed by atoms with E-state index in [1.54, 1.807) is 19.1 Å². The molecule has 1 fully saturated rings. The molecule has 1 aliphatic heterocycles. The average Bonchev–Trinajstić information content (AvgIpc) is 2.64. The number of rotatable bonds is 2. The van der Waals surface area contributed by atoms with Crippen LogP contribution in [0.1, 0.15) is 12.0 Å². The highest BCUT2D eigenvalue weighted by Gasteiger charge is 2.17. The van der Waals surface area contributed by atoms with Crippen LogP contribution in [0.4, 0.5) is 4.39 Å². The van der Waals surface area contributed by atoms with Crippen molar-refractivity contribution in [2.75, 3.05) is 13.2 Å². The van der Waals surface area contributed by atoms with Gasteiger partial charge >= 0.3 is 0 Å². The number of ether oxygens (including phenoxy) is 2. The van der Waals surface area contributed by atoms with Gasteiger partial charge in [0.1, 0.15) is 17.7 Å². The first-order valence-corrected chi connectivity index (χ1v) is 4.76. The minimum Gasteiger partial charge on any atom is -0.488 e. The quantitative estimate of drug-likeness (QED) is 0.722. The topological polar surface area (TPSA) is 18.5 Å². The molecule has 0 bridgehead atoms. The highest BCUT2D eigenvalue weighted by Crippen LogP contribution is 2.19. The summed E-state index contributed by atoms with van der Waals surface area (Å²) in [5.41, 5.74) is 0.612. The monoisotopic (exact) mass is 196 g/mol. The average molecular weight is 196 g/mol. The maximum Gasteiger partial charge on any atom is 0.126 e. The molecule has 0 radical (unpaired) electrons. The van der Waals surface area contributed by atoms with E-state index < -0.39 is 0 Å². The smallest absolute Gasteiger partial charge is 0.126 e. The fourth-order valence-corrected chi connectivity index (χ4v) is 1.49. The summed E-state index contributed by atoms with van der Waals surface area (Å²) in [6.07, 6.45) is 1.04. The summed E-state index contributed by atoms with van der Waals surface area (Å²) in [6.45, 7) is 3.12. The van der Waals surface area contributed by atoms with Gasteiger partial charge in [0.05, 0.1) is 13.2 Å². The van der Waals surface area contributed by atoms with E-state index in [1.165, 1.54) is 6.07 Å². The fourth-order valence-electron chi connectivity index (χ4n) is 1.49. The molecular weight excluding hydrogens is 183 g/mol. The van der Waals surface area contributed by atoms with Gasteiger partial charge in [-0.25, -0.2) is 4.39 Å². The molecule has 76 valence electrons. The normalized spacial score (nSPS) is 21.1. The van der Waals surface area contributed by atoms with Crippen molar-refractivity contribution in [3.63, 3.8) is 0 Å². The number of hydrogen-bond donors (Lipinski definition) is 0. The Morgan fingerprint density at radius 2 is 2.36 bits per heavy atom. The Kier molecular flexibility index (Phi) is 2.68. The second kappa shape index (κ2) is 3.96. The number of hydrogen-bond acceptors (Lipinski definition) is 2. The molecule has 1 aromatic carbocycles. The molecule has 0 unspecified atom stereocenters. The minimum absolute atomic E-state index is 0.125. The summed E-state index contributed by atoms with van der Waals surface area (Å²) in [4.78, 5) is 0. The zero-order valence-electron chi connectivity index (χ0n) is 8.13. The SMILES string of the molecule is Cc1cc(O[C@@H]2CCOC2)ccc1F. The first kappa shape index (κ1) is 9.46. The van der Waals surface area contributed by atoms with Gasteiger partial charge in [-0.05, 0) is 30.7 Å². The summed E-state index contributed by atoms with van der Waals surface area (Å²) in [7, 11) is 0. The molecule has 1 saturated heterocycles. The van der Waals surface area contributed by atoms with E-state index >= 15 is 0 Å².